The SMILES string of the molecule is COC(=O)c1ccc(N)c(S(=O)(=O)O)c1. The van der Waals surface area contributed by atoms with Crippen LogP contribution in [0.15, 0.2) is 23.1 Å². The van der Waals surface area contributed by atoms with Crippen molar-refractivity contribution < 1.29 is 22.5 Å². The zero-order valence-electron chi connectivity index (χ0n) is 7.80. The number of rotatable bonds is 2. The summed E-state index contributed by atoms with van der Waals surface area (Å²) in [6.45, 7) is 0. The van der Waals surface area contributed by atoms with Crippen molar-refractivity contribution in [2.24, 2.45) is 0 Å². The lowest BCUT2D eigenvalue weighted by Crippen LogP contribution is -2.07. The predicted molar refractivity (Wildman–Crippen MR) is 52.0 cm³/mol. The Morgan fingerprint density at radius 1 is 1.47 bits per heavy atom. The summed E-state index contributed by atoms with van der Waals surface area (Å²) in [6, 6.07) is 3.46. The average molecular weight is 231 g/mol. The van der Waals surface area contributed by atoms with Crippen LogP contribution < -0.4 is 5.73 Å². The van der Waals surface area contributed by atoms with Crippen molar-refractivity contribution in [1.29, 1.82) is 0 Å². The fourth-order valence-electron chi connectivity index (χ4n) is 1.00. The number of carbonyl (C=O) groups is 1. The molecule has 15 heavy (non-hydrogen) atoms. The van der Waals surface area contributed by atoms with E-state index in [4.69, 9.17) is 10.3 Å². The van der Waals surface area contributed by atoms with Crippen LogP contribution in [0.3, 0.4) is 0 Å². The quantitative estimate of drug-likeness (QED) is 0.430. The van der Waals surface area contributed by atoms with Gasteiger partial charge in [0.05, 0.1) is 18.4 Å². The van der Waals surface area contributed by atoms with Crippen LogP contribution in [0.25, 0.3) is 0 Å². The van der Waals surface area contributed by atoms with Gasteiger partial charge in [0.2, 0.25) is 0 Å². The topological polar surface area (TPSA) is 107 Å². The van der Waals surface area contributed by atoms with Gasteiger partial charge in [-0.2, -0.15) is 8.42 Å². The van der Waals surface area contributed by atoms with Gasteiger partial charge in [-0.3, -0.25) is 4.55 Å². The molecule has 0 radical (unpaired) electrons. The van der Waals surface area contributed by atoms with Crippen molar-refractivity contribution >= 4 is 21.8 Å². The maximum atomic E-state index is 11.1. The third-order valence-corrected chi connectivity index (χ3v) is 2.62. The molecule has 0 fully saturated rings. The lowest BCUT2D eigenvalue weighted by atomic mass is 10.2. The molecular weight excluding hydrogens is 222 g/mol. The molecule has 0 saturated heterocycles. The molecule has 0 saturated carbocycles. The summed E-state index contributed by atoms with van der Waals surface area (Å²) in [4.78, 5) is 10.6. The smallest absolute Gasteiger partial charge is 0.337 e. The van der Waals surface area contributed by atoms with Gasteiger partial charge < -0.3 is 10.5 Å². The molecule has 0 aromatic heterocycles. The molecule has 0 aliphatic carbocycles. The lowest BCUT2D eigenvalue weighted by molar-refractivity contribution is 0.0600. The summed E-state index contributed by atoms with van der Waals surface area (Å²) in [5.41, 5.74) is 5.19. The molecule has 3 N–H and O–H groups in total. The highest BCUT2D eigenvalue weighted by atomic mass is 32.2. The Morgan fingerprint density at radius 2 is 2.07 bits per heavy atom. The maximum absolute atomic E-state index is 11.1. The number of carbonyl (C=O) groups excluding carboxylic acids is 1. The van der Waals surface area contributed by atoms with Crippen LogP contribution in [0.4, 0.5) is 5.69 Å². The van der Waals surface area contributed by atoms with E-state index in [1.807, 2.05) is 0 Å². The van der Waals surface area contributed by atoms with Crippen LogP contribution in [0.5, 0.6) is 0 Å². The van der Waals surface area contributed by atoms with Crippen LogP contribution in [0.1, 0.15) is 10.4 Å². The summed E-state index contributed by atoms with van der Waals surface area (Å²) in [7, 11) is -3.27. The summed E-state index contributed by atoms with van der Waals surface area (Å²) in [5, 5.41) is 0. The fourth-order valence-corrected chi connectivity index (χ4v) is 1.64. The van der Waals surface area contributed by atoms with E-state index < -0.39 is 21.0 Å². The Labute approximate surface area is 86.4 Å². The molecule has 0 bridgehead atoms. The number of nitrogens with two attached hydrogens (primary N) is 1. The van der Waals surface area contributed by atoms with E-state index in [1.165, 1.54) is 12.1 Å². The van der Waals surface area contributed by atoms with Crippen LogP contribution in [-0.4, -0.2) is 26.0 Å². The van der Waals surface area contributed by atoms with Crippen LogP contribution >= 0.6 is 0 Å². The number of esters is 1. The van der Waals surface area contributed by atoms with Gasteiger partial charge >= 0.3 is 5.97 Å². The second kappa shape index (κ2) is 3.87. The van der Waals surface area contributed by atoms with Crippen molar-refractivity contribution in [2.45, 2.75) is 4.90 Å². The highest BCUT2D eigenvalue weighted by Crippen LogP contribution is 2.19. The summed E-state index contributed by atoms with van der Waals surface area (Å²) in [6.07, 6.45) is 0. The Bertz CT molecular complexity index is 494. The highest BCUT2D eigenvalue weighted by molar-refractivity contribution is 7.86. The van der Waals surface area contributed by atoms with Gasteiger partial charge in [-0.1, -0.05) is 0 Å². The Morgan fingerprint density at radius 3 is 2.53 bits per heavy atom. The fraction of sp³-hybridized carbons (Fsp3) is 0.125. The Balaban J connectivity index is 3.36. The standard InChI is InChI=1S/C8H9NO5S/c1-14-8(10)5-2-3-6(9)7(4-5)15(11,12)13/h2-4H,9H2,1H3,(H,11,12,13). The van der Waals surface area contributed by atoms with Gasteiger partial charge in [0.25, 0.3) is 10.1 Å². The van der Waals surface area contributed by atoms with Crippen molar-refractivity contribution in [2.75, 3.05) is 12.8 Å². The molecule has 0 heterocycles. The van der Waals surface area contributed by atoms with Crippen molar-refractivity contribution in [3.63, 3.8) is 0 Å². The molecule has 0 spiro atoms. The van der Waals surface area contributed by atoms with E-state index >= 15 is 0 Å². The van der Waals surface area contributed by atoms with Gasteiger partial charge in [-0.25, -0.2) is 4.79 Å². The Kier molecular flexibility index (Phi) is 2.96. The van der Waals surface area contributed by atoms with E-state index in [1.54, 1.807) is 0 Å². The molecule has 0 atom stereocenters. The van der Waals surface area contributed by atoms with Crippen LogP contribution in [-0.2, 0) is 14.9 Å². The zero-order chi connectivity index (χ0) is 11.6. The number of methoxy groups -OCH3 is 1. The minimum absolute atomic E-state index is 0.000625. The van der Waals surface area contributed by atoms with E-state index in [2.05, 4.69) is 4.74 Å². The summed E-state index contributed by atoms with van der Waals surface area (Å²) < 4.78 is 34.9. The number of benzene rings is 1. The number of anilines is 1. The lowest BCUT2D eigenvalue weighted by Gasteiger charge is -2.04. The highest BCUT2D eigenvalue weighted by Gasteiger charge is 2.16. The first-order chi connectivity index (χ1) is 6.86. The molecular formula is C8H9NO5S. The molecule has 0 unspecified atom stereocenters. The van der Waals surface area contributed by atoms with Crippen molar-refractivity contribution in [3.8, 4) is 0 Å². The zero-order valence-corrected chi connectivity index (χ0v) is 8.61. The first kappa shape index (κ1) is 11.5. The first-order valence-electron chi connectivity index (χ1n) is 3.81. The van der Waals surface area contributed by atoms with Gasteiger partial charge in [0, 0.05) is 0 Å². The van der Waals surface area contributed by atoms with Crippen molar-refractivity contribution in [3.05, 3.63) is 23.8 Å². The molecule has 7 heteroatoms. The molecule has 0 aliphatic rings. The number of hydrogen-bond donors (Lipinski definition) is 2. The number of hydrogen-bond acceptors (Lipinski definition) is 5. The Hall–Kier alpha value is -1.60. The third kappa shape index (κ3) is 2.45. The average Bonchev–Trinajstić information content (AvgIpc) is 2.15. The van der Waals surface area contributed by atoms with Gasteiger partial charge in [0.1, 0.15) is 4.90 Å². The molecule has 0 amide bonds. The van der Waals surface area contributed by atoms with E-state index in [0.717, 1.165) is 13.2 Å². The van der Waals surface area contributed by atoms with E-state index in [0.29, 0.717) is 0 Å². The third-order valence-electron chi connectivity index (χ3n) is 1.71. The molecule has 1 aromatic rings. The van der Waals surface area contributed by atoms with Crippen LogP contribution in [0.2, 0.25) is 0 Å². The molecule has 0 aliphatic heterocycles. The van der Waals surface area contributed by atoms with E-state index in [9.17, 15) is 13.2 Å². The van der Waals surface area contributed by atoms with Gasteiger partial charge in [0.15, 0.2) is 0 Å². The minimum atomic E-state index is -4.43. The van der Waals surface area contributed by atoms with E-state index in [-0.39, 0.29) is 11.3 Å². The largest absolute Gasteiger partial charge is 0.465 e. The van der Waals surface area contributed by atoms with Gasteiger partial charge in [-0.05, 0) is 18.2 Å². The molecule has 82 valence electrons. The molecule has 1 rings (SSSR count). The van der Waals surface area contributed by atoms with Crippen molar-refractivity contribution in [1.82, 2.24) is 0 Å². The van der Waals surface area contributed by atoms with Gasteiger partial charge in [-0.15, -0.1) is 0 Å². The second-order valence-electron chi connectivity index (χ2n) is 2.72. The van der Waals surface area contributed by atoms with Crippen LogP contribution in [0, 0.1) is 0 Å². The number of nitrogen functional groups attached to an aromatic ring is 1. The first-order valence-corrected chi connectivity index (χ1v) is 5.25. The number of ether oxygens (including phenoxy) is 1. The monoisotopic (exact) mass is 231 g/mol. The summed E-state index contributed by atoms with van der Waals surface area (Å²) >= 11 is 0. The molecule has 1 aromatic carbocycles. The normalized spacial score (nSPS) is 11.1. The minimum Gasteiger partial charge on any atom is -0.465 e. The molecule has 6 nitrogen and oxygen atoms in total. The summed E-state index contributed by atoms with van der Waals surface area (Å²) in [5.74, 6) is -0.708. The predicted octanol–water partition coefficient (Wildman–Crippen LogP) is 0.302. The maximum Gasteiger partial charge on any atom is 0.337 e. The second-order valence-corrected chi connectivity index (χ2v) is 4.11.